The van der Waals surface area contributed by atoms with E-state index in [1.807, 2.05) is 4.90 Å². The molecule has 1 aliphatic heterocycles. The zero-order chi connectivity index (χ0) is 15.5. The molecule has 0 amide bonds. The molecule has 1 atom stereocenters. The van der Waals surface area contributed by atoms with Gasteiger partial charge in [0.15, 0.2) is 0 Å². The molecule has 0 spiro atoms. The summed E-state index contributed by atoms with van der Waals surface area (Å²) in [4.78, 5) is 1.89. The summed E-state index contributed by atoms with van der Waals surface area (Å²) in [5.41, 5.74) is 0.244. The van der Waals surface area contributed by atoms with Crippen LogP contribution in [-0.4, -0.2) is 37.3 Å². The number of nitrogens with one attached hydrogen (secondary N) is 1. The van der Waals surface area contributed by atoms with Crippen molar-refractivity contribution < 1.29 is 17.6 Å². The fourth-order valence-corrected chi connectivity index (χ4v) is 2.79. The maximum atomic E-state index is 14.2. The fraction of sp³-hybridized carbons (Fsp3) is 0.571. The maximum absolute atomic E-state index is 14.2. The van der Waals surface area contributed by atoms with Crippen LogP contribution in [0.3, 0.4) is 0 Å². The molecule has 2 nitrogen and oxygen atoms in total. The first-order chi connectivity index (χ1) is 9.88. The van der Waals surface area contributed by atoms with Crippen molar-refractivity contribution in [2.75, 3.05) is 26.2 Å². The molecular formula is C14H17ClF4N2. The minimum atomic E-state index is -4.25. The quantitative estimate of drug-likeness (QED) is 0.848. The molecule has 0 aromatic heterocycles. The summed E-state index contributed by atoms with van der Waals surface area (Å²) in [5.74, 6) is -0.620. The Morgan fingerprint density at radius 2 is 1.90 bits per heavy atom. The molecule has 0 aliphatic carbocycles. The molecule has 1 aliphatic rings. The third kappa shape index (κ3) is 4.56. The van der Waals surface area contributed by atoms with Gasteiger partial charge in [-0.1, -0.05) is 23.7 Å². The molecule has 21 heavy (non-hydrogen) atoms. The second-order valence-corrected chi connectivity index (χ2v) is 5.51. The Bertz CT molecular complexity index is 473. The standard InChI is InChI=1S/C14H17ClF4N2/c15-11-3-1-2-10(13(11)16)12(4-5-14(17,18)19)21-8-6-20-7-9-21/h1-3,12,20H,4-9H2/t12-/m1/s1. The summed E-state index contributed by atoms with van der Waals surface area (Å²) in [6, 6.07) is 3.89. The lowest BCUT2D eigenvalue weighted by Gasteiger charge is -2.35. The molecular weight excluding hydrogens is 308 g/mol. The largest absolute Gasteiger partial charge is 0.389 e. The third-order valence-electron chi connectivity index (χ3n) is 3.63. The van der Waals surface area contributed by atoms with Gasteiger partial charge in [-0.15, -0.1) is 0 Å². The summed E-state index contributed by atoms with van der Waals surface area (Å²) in [7, 11) is 0. The lowest BCUT2D eigenvalue weighted by molar-refractivity contribution is -0.138. The molecule has 1 saturated heterocycles. The van der Waals surface area contributed by atoms with Gasteiger partial charge < -0.3 is 5.32 Å². The smallest absolute Gasteiger partial charge is 0.314 e. The zero-order valence-corrected chi connectivity index (χ0v) is 12.1. The van der Waals surface area contributed by atoms with Gasteiger partial charge in [0.05, 0.1) is 5.02 Å². The Labute approximate surface area is 126 Å². The van der Waals surface area contributed by atoms with Gasteiger partial charge in [0.25, 0.3) is 0 Å². The highest BCUT2D eigenvalue weighted by Crippen LogP contribution is 2.34. The van der Waals surface area contributed by atoms with Crippen molar-refractivity contribution in [3.63, 3.8) is 0 Å². The summed E-state index contributed by atoms with van der Waals surface area (Å²) in [5, 5.41) is 3.08. The summed E-state index contributed by atoms with van der Waals surface area (Å²) >= 11 is 5.76. The van der Waals surface area contributed by atoms with Crippen LogP contribution in [0, 0.1) is 5.82 Å². The molecule has 1 heterocycles. The molecule has 0 unspecified atom stereocenters. The molecule has 1 aromatic rings. The van der Waals surface area contributed by atoms with Crippen molar-refractivity contribution in [3.05, 3.63) is 34.6 Å². The number of halogens is 5. The Balaban J connectivity index is 2.23. The number of piperazine rings is 1. The van der Waals surface area contributed by atoms with E-state index < -0.39 is 24.5 Å². The van der Waals surface area contributed by atoms with Crippen molar-refractivity contribution in [1.82, 2.24) is 10.2 Å². The van der Waals surface area contributed by atoms with E-state index in [-0.39, 0.29) is 17.0 Å². The van der Waals surface area contributed by atoms with Crippen LogP contribution < -0.4 is 5.32 Å². The lowest BCUT2D eigenvalue weighted by Crippen LogP contribution is -2.45. The molecule has 1 fully saturated rings. The molecule has 7 heteroatoms. The summed E-state index contributed by atoms with van der Waals surface area (Å²) < 4.78 is 51.8. The average Bonchev–Trinajstić information content (AvgIpc) is 2.43. The van der Waals surface area contributed by atoms with Gasteiger partial charge in [0.2, 0.25) is 0 Å². The van der Waals surface area contributed by atoms with Crippen molar-refractivity contribution in [3.8, 4) is 0 Å². The predicted molar refractivity (Wildman–Crippen MR) is 73.9 cm³/mol. The average molecular weight is 325 g/mol. The minimum Gasteiger partial charge on any atom is -0.314 e. The van der Waals surface area contributed by atoms with E-state index in [0.717, 1.165) is 0 Å². The predicted octanol–water partition coefficient (Wildman–Crippen LogP) is 3.77. The van der Waals surface area contributed by atoms with Crippen LogP contribution in [0.2, 0.25) is 5.02 Å². The van der Waals surface area contributed by atoms with E-state index in [9.17, 15) is 17.6 Å². The molecule has 0 bridgehead atoms. The summed E-state index contributed by atoms with van der Waals surface area (Å²) in [6.45, 7) is 2.55. The number of hydrogen-bond donors (Lipinski definition) is 1. The topological polar surface area (TPSA) is 15.3 Å². The second-order valence-electron chi connectivity index (χ2n) is 5.10. The first kappa shape index (κ1) is 16.5. The van der Waals surface area contributed by atoms with Gasteiger partial charge in [-0.25, -0.2) is 4.39 Å². The van der Waals surface area contributed by atoms with Gasteiger partial charge in [-0.2, -0.15) is 13.2 Å². The number of alkyl halides is 3. The van der Waals surface area contributed by atoms with E-state index in [4.69, 9.17) is 11.6 Å². The van der Waals surface area contributed by atoms with Crippen LogP contribution in [0.5, 0.6) is 0 Å². The monoisotopic (exact) mass is 324 g/mol. The van der Waals surface area contributed by atoms with E-state index in [1.165, 1.54) is 12.1 Å². The number of nitrogens with zero attached hydrogens (tertiary/aromatic N) is 1. The van der Waals surface area contributed by atoms with Crippen molar-refractivity contribution in [2.24, 2.45) is 0 Å². The highest BCUT2D eigenvalue weighted by Gasteiger charge is 2.32. The van der Waals surface area contributed by atoms with Crippen molar-refractivity contribution in [2.45, 2.75) is 25.1 Å². The SMILES string of the molecule is Fc1c(Cl)cccc1[C@@H](CCC(F)(F)F)N1CCNCC1. The van der Waals surface area contributed by atoms with E-state index in [0.29, 0.717) is 26.2 Å². The summed E-state index contributed by atoms with van der Waals surface area (Å²) in [6.07, 6.45) is -5.35. The van der Waals surface area contributed by atoms with E-state index >= 15 is 0 Å². The Hall–Kier alpha value is -0.850. The third-order valence-corrected chi connectivity index (χ3v) is 3.93. The van der Waals surface area contributed by atoms with Gasteiger partial charge in [0.1, 0.15) is 5.82 Å². The number of benzene rings is 1. The maximum Gasteiger partial charge on any atom is 0.389 e. The first-order valence-electron chi connectivity index (χ1n) is 6.84. The highest BCUT2D eigenvalue weighted by atomic mass is 35.5. The van der Waals surface area contributed by atoms with Crippen LogP contribution in [0.1, 0.15) is 24.4 Å². The van der Waals surface area contributed by atoms with Gasteiger partial charge >= 0.3 is 6.18 Å². The molecule has 0 radical (unpaired) electrons. The molecule has 1 N–H and O–H groups in total. The van der Waals surface area contributed by atoms with Crippen molar-refractivity contribution >= 4 is 11.6 Å². The first-order valence-corrected chi connectivity index (χ1v) is 7.22. The van der Waals surface area contributed by atoms with Gasteiger partial charge in [-0.3, -0.25) is 4.90 Å². The van der Waals surface area contributed by atoms with Crippen LogP contribution >= 0.6 is 11.6 Å². The molecule has 118 valence electrons. The molecule has 0 saturated carbocycles. The van der Waals surface area contributed by atoms with Gasteiger partial charge in [-0.05, 0) is 12.5 Å². The Kier molecular flexibility index (Phi) is 5.46. The van der Waals surface area contributed by atoms with Crippen LogP contribution in [0.4, 0.5) is 17.6 Å². The Morgan fingerprint density at radius 1 is 1.24 bits per heavy atom. The number of hydrogen-bond acceptors (Lipinski definition) is 2. The zero-order valence-electron chi connectivity index (χ0n) is 11.4. The van der Waals surface area contributed by atoms with Gasteiger partial charge in [0, 0.05) is 44.2 Å². The van der Waals surface area contributed by atoms with E-state index in [1.54, 1.807) is 6.07 Å². The van der Waals surface area contributed by atoms with Crippen LogP contribution in [0.15, 0.2) is 18.2 Å². The van der Waals surface area contributed by atoms with Crippen molar-refractivity contribution in [1.29, 1.82) is 0 Å². The fourth-order valence-electron chi connectivity index (χ4n) is 2.61. The molecule has 1 aromatic carbocycles. The Morgan fingerprint density at radius 3 is 2.52 bits per heavy atom. The van der Waals surface area contributed by atoms with E-state index in [2.05, 4.69) is 5.32 Å². The number of rotatable bonds is 4. The minimum absolute atomic E-state index is 0.0559. The lowest BCUT2D eigenvalue weighted by atomic mass is 9.98. The normalized spacial score (nSPS) is 18.7. The second kappa shape index (κ2) is 6.94. The highest BCUT2D eigenvalue weighted by molar-refractivity contribution is 6.30. The van der Waals surface area contributed by atoms with Crippen LogP contribution in [0.25, 0.3) is 0 Å². The van der Waals surface area contributed by atoms with Crippen LogP contribution in [-0.2, 0) is 0 Å². The molecule has 2 rings (SSSR count).